The molecule has 0 fully saturated rings. The SMILES string of the molecule is COc1ccc(S(=O)(=O)N(CCC#N)CCC#N)cc1N. The number of nitrogens with two attached hydrogens (primary N) is 1. The second kappa shape index (κ2) is 7.48. The summed E-state index contributed by atoms with van der Waals surface area (Å²) in [5, 5.41) is 17.2. The third kappa shape index (κ3) is 4.09. The first kappa shape index (κ1) is 16.8. The summed E-state index contributed by atoms with van der Waals surface area (Å²) in [5.41, 5.74) is 5.92. The van der Waals surface area contributed by atoms with Crippen molar-refractivity contribution < 1.29 is 13.2 Å². The first-order chi connectivity index (χ1) is 9.97. The Morgan fingerprint density at radius 2 is 1.81 bits per heavy atom. The van der Waals surface area contributed by atoms with Crippen LogP contribution in [0.2, 0.25) is 0 Å². The minimum absolute atomic E-state index is 0.0108. The van der Waals surface area contributed by atoms with Crippen LogP contribution in [-0.4, -0.2) is 32.9 Å². The van der Waals surface area contributed by atoms with Crippen molar-refractivity contribution in [3.05, 3.63) is 18.2 Å². The van der Waals surface area contributed by atoms with E-state index in [1.165, 1.54) is 25.3 Å². The lowest BCUT2D eigenvalue weighted by Crippen LogP contribution is -2.32. The Labute approximate surface area is 124 Å². The lowest BCUT2D eigenvalue weighted by molar-refractivity contribution is 0.415. The average molecular weight is 308 g/mol. The maximum Gasteiger partial charge on any atom is 0.243 e. The molecule has 0 aromatic heterocycles. The van der Waals surface area contributed by atoms with E-state index in [4.69, 9.17) is 21.0 Å². The van der Waals surface area contributed by atoms with Crippen LogP contribution in [0.15, 0.2) is 23.1 Å². The number of sulfonamides is 1. The molecule has 1 rings (SSSR count). The normalized spacial score (nSPS) is 10.9. The fraction of sp³-hybridized carbons (Fsp3) is 0.385. The molecule has 1 aromatic rings. The molecule has 8 heteroatoms. The summed E-state index contributed by atoms with van der Waals surface area (Å²) >= 11 is 0. The maximum atomic E-state index is 12.5. The zero-order chi connectivity index (χ0) is 15.9. The zero-order valence-electron chi connectivity index (χ0n) is 11.6. The molecular formula is C13H16N4O3S. The second-order valence-corrected chi connectivity index (χ2v) is 6.06. The Morgan fingerprint density at radius 1 is 1.24 bits per heavy atom. The topological polar surface area (TPSA) is 120 Å². The van der Waals surface area contributed by atoms with Crippen molar-refractivity contribution in [3.8, 4) is 17.9 Å². The lowest BCUT2D eigenvalue weighted by Gasteiger charge is -2.20. The molecule has 0 saturated heterocycles. The van der Waals surface area contributed by atoms with Gasteiger partial charge in [-0.2, -0.15) is 14.8 Å². The Bertz CT molecular complexity index is 656. The molecule has 0 heterocycles. The number of ether oxygens (including phenoxy) is 1. The van der Waals surface area contributed by atoms with Gasteiger partial charge in [0.25, 0.3) is 0 Å². The van der Waals surface area contributed by atoms with E-state index >= 15 is 0 Å². The second-order valence-electron chi connectivity index (χ2n) is 4.12. The van der Waals surface area contributed by atoms with Gasteiger partial charge in [0.05, 0.1) is 29.8 Å². The van der Waals surface area contributed by atoms with Crippen LogP contribution in [-0.2, 0) is 10.0 Å². The molecule has 0 bridgehead atoms. The van der Waals surface area contributed by atoms with Gasteiger partial charge in [-0.25, -0.2) is 8.42 Å². The van der Waals surface area contributed by atoms with Crippen LogP contribution >= 0.6 is 0 Å². The van der Waals surface area contributed by atoms with Gasteiger partial charge >= 0.3 is 0 Å². The van der Waals surface area contributed by atoms with Crippen molar-refractivity contribution in [3.63, 3.8) is 0 Å². The molecule has 0 unspecified atom stereocenters. The molecule has 0 aliphatic carbocycles. The molecule has 7 nitrogen and oxygen atoms in total. The monoisotopic (exact) mass is 308 g/mol. The van der Waals surface area contributed by atoms with Crippen molar-refractivity contribution in [1.82, 2.24) is 4.31 Å². The van der Waals surface area contributed by atoms with E-state index < -0.39 is 10.0 Å². The Balaban J connectivity index is 3.13. The summed E-state index contributed by atoms with van der Waals surface area (Å²) in [4.78, 5) is 0.0108. The van der Waals surface area contributed by atoms with Gasteiger partial charge in [0.2, 0.25) is 10.0 Å². The number of nitriles is 2. The first-order valence-corrected chi connectivity index (χ1v) is 7.59. The van der Waals surface area contributed by atoms with Crippen LogP contribution in [0.25, 0.3) is 0 Å². The van der Waals surface area contributed by atoms with Crippen LogP contribution in [0.3, 0.4) is 0 Å². The van der Waals surface area contributed by atoms with Crippen LogP contribution in [0.1, 0.15) is 12.8 Å². The average Bonchev–Trinajstić information content (AvgIpc) is 2.47. The minimum Gasteiger partial charge on any atom is -0.495 e. The van der Waals surface area contributed by atoms with Gasteiger partial charge in [0.1, 0.15) is 5.75 Å². The van der Waals surface area contributed by atoms with Crippen molar-refractivity contribution in [2.24, 2.45) is 0 Å². The first-order valence-electron chi connectivity index (χ1n) is 6.15. The van der Waals surface area contributed by atoms with E-state index in [2.05, 4.69) is 0 Å². The van der Waals surface area contributed by atoms with Gasteiger partial charge < -0.3 is 10.5 Å². The van der Waals surface area contributed by atoms with Crippen molar-refractivity contribution in [1.29, 1.82) is 10.5 Å². The largest absolute Gasteiger partial charge is 0.495 e. The van der Waals surface area contributed by atoms with Crippen LogP contribution in [0.5, 0.6) is 5.75 Å². The van der Waals surface area contributed by atoms with E-state index in [1.54, 1.807) is 0 Å². The summed E-state index contributed by atoms with van der Waals surface area (Å²) in [6.07, 6.45) is 0.104. The van der Waals surface area contributed by atoms with Gasteiger partial charge in [0.15, 0.2) is 0 Å². The predicted octanol–water partition coefficient (Wildman–Crippen LogP) is 1.10. The van der Waals surface area contributed by atoms with Gasteiger partial charge in [-0.15, -0.1) is 0 Å². The van der Waals surface area contributed by atoms with Crippen LogP contribution < -0.4 is 10.5 Å². The van der Waals surface area contributed by atoms with Crippen LogP contribution in [0.4, 0.5) is 5.69 Å². The molecule has 21 heavy (non-hydrogen) atoms. The maximum absolute atomic E-state index is 12.5. The standard InChI is InChI=1S/C13H16N4O3S/c1-20-13-5-4-11(10-12(13)16)21(18,19)17(8-2-6-14)9-3-7-15/h4-5,10H,2-3,8-9,16H2,1H3. The number of anilines is 1. The summed E-state index contributed by atoms with van der Waals surface area (Å²) in [5.74, 6) is 0.384. The molecule has 0 radical (unpaired) electrons. The fourth-order valence-corrected chi connectivity index (χ4v) is 3.20. The van der Waals surface area contributed by atoms with E-state index in [1.807, 2.05) is 12.1 Å². The number of hydrogen-bond donors (Lipinski definition) is 1. The van der Waals surface area contributed by atoms with Gasteiger partial charge in [0, 0.05) is 25.9 Å². The fourth-order valence-electron chi connectivity index (χ4n) is 1.72. The highest BCUT2D eigenvalue weighted by molar-refractivity contribution is 7.89. The molecule has 2 N–H and O–H groups in total. The van der Waals surface area contributed by atoms with Gasteiger partial charge in [-0.1, -0.05) is 0 Å². The Hall–Kier alpha value is -2.29. The number of methoxy groups -OCH3 is 1. The third-order valence-electron chi connectivity index (χ3n) is 2.78. The Kier molecular flexibility index (Phi) is 5.97. The van der Waals surface area contributed by atoms with Gasteiger partial charge in [-0.05, 0) is 18.2 Å². The number of rotatable bonds is 7. The summed E-state index contributed by atoms with van der Waals surface area (Å²) in [7, 11) is -2.36. The quantitative estimate of drug-likeness (QED) is 0.753. The molecule has 112 valence electrons. The zero-order valence-corrected chi connectivity index (χ0v) is 12.4. The Morgan fingerprint density at radius 3 is 2.24 bits per heavy atom. The molecule has 0 aliphatic heterocycles. The molecule has 1 aromatic carbocycles. The third-order valence-corrected chi connectivity index (χ3v) is 4.68. The lowest BCUT2D eigenvalue weighted by atomic mass is 10.3. The van der Waals surface area contributed by atoms with E-state index in [0.717, 1.165) is 4.31 Å². The summed E-state index contributed by atoms with van der Waals surface area (Å²) in [6.45, 7) is 0.0683. The number of hydrogen-bond acceptors (Lipinski definition) is 6. The highest BCUT2D eigenvalue weighted by atomic mass is 32.2. The molecule has 0 aliphatic rings. The molecule has 0 spiro atoms. The van der Waals surface area contributed by atoms with E-state index in [9.17, 15) is 8.42 Å². The van der Waals surface area contributed by atoms with Crippen molar-refractivity contribution in [2.75, 3.05) is 25.9 Å². The molecule has 0 atom stereocenters. The number of benzene rings is 1. The van der Waals surface area contributed by atoms with Crippen LogP contribution in [0, 0.1) is 22.7 Å². The minimum atomic E-state index is -3.80. The summed E-state index contributed by atoms with van der Waals surface area (Å²) in [6, 6.07) is 7.95. The predicted molar refractivity (Wildman–Crippen MR) is 76.6 cm³/mol. The summed E-state index contributed by atoms with van der Waals surface area (Å²) < 4.78 is 31.1. The van der Waals surface area contributed by atoms with E-state index in [0.29, 0.717) is 5.75 Å². The van der Waals surface area contributed by atoms with Crippen molar-refractivity contribution in [2.45, 2.75) is 17.7 Å². The molecule has 0 saturated carbocycles. The number of nitrogen functional groups attached to an aromatic ring is 1. The number of nitrogens with zero attached hydrogens (tertiary/aromatic N) is 3. The highest BCUT2D eigenvalue weighted by Gasteiger charge is 2.24. The molecular weight excluding hydrogens is 292 g/mol. The molecule has 0 amide bonds. The smallest absolute Gasteiger partial charge is 0.243 e. The highest BCUT2D eigenvalue weighted by Crippen LogP contribution is 2.26. The van der Waals surface area contributed by atoms with E-state index in [-0.39, 0.29) is 36.5 Å². The van der Waals surface area contributed by atoms with Crippen molar-refractivity contribution >= 4 is 15.7 Å². The van der Waals surface area contributed by atoms with Gasteiger partial charge in [-0.3, -0.25) is 0 Å².